The average molecular weight is 372 g/mol. The smallest absolute Gasteiger partial charge is 0.378 e. The Morgan fingerprint density at radius 3 is 2.92 bits per heavy atom. The molecule has 5 nitrogen and oxygen atoms in total. The molecule has 2 atom stereocenters. The maximum absolute atomic E-state index is 12.8. The van der Waals surface area contributed by atoms with Crippen molar-refractivity contribution in [2.45, 2.75) is 37.1 Å². The number of rotatable bonds is 4. The summed E-state index contributed by atoms with van der Waals surface area (Å²) in [6.07, 6.45) is -1.82. The molecular weight excluding hydrogens is 349 g/mol. The molecule has 1 aromatic rings. The van der Waals surface area contributed by atoms with Crippen LogP contribution in [0.2, 0.25) is 0 Å². The summed E-state index contributed by atoms with van der Waals surface area (Å²) in [7, 11) is 1.67. The fourth-order valence-electron chi connectivity index (χ4n) is 3.86. The number of alkyl halides is 3. The second-order valence-electron chi connectivity index (χ2n) is 6.87. The molecule has 1 amide bonds. The molecule has 2 heterocycles. The molecule has 1 aromatic carbocycles. The van der Waals surface area contributed by atoms with Gasteiger partial charge in [-0.2, -0.15) is 13.2 Å². The van der Waals surface area contributed by atoms with Crippen LogP contribution in [0.5, 0.6) is 0 Å². The standard InChI is InChI=1S/C18H23F3N2O3/c1-25-15-6-8-23(12-17(15)7-3-9-26-17)11-16(24)22-14-5-2-4-13(10-14)18(19,20)21/h2,4-5,10,15H,3,6-9,11-12H2,1H3,(H,22,24)/t15-,17-/m0/s1. The van der Waals surface area contributed by atoms with Gasteiger partial charge in [0.1, 0.15) is 5.60 Å². The van der Waals surface area contributed by atoms with Crippen LogP contribution in [-0.2, 0) is 20.4 Å². The number of anilines is 1. The minimum atomic E-state index is -4.44. The monoisotopic (exact) mass is 372 g/mol. The van der Waals surface area contributed by atoms with Gasteiger partial charge in [-0.15, -0.1) is 0 Å². The first-order valence-corrected chi connectivity index (χ1v) is 8.69. The van der Waals surface area contributed by atoms with Crippen molar-refractivity contribution in [3.8, 4) is 0 Å². The Kier molecular flexibility index (Phi) is 5.55. The van der Waals surface area contributed by atoms with Crippen molar-refractivity contribution in [3.05, 3.63) is 29.8 Å². The number of ether oxygens (including phenoxy) is 2. The van der Waals surface area contributed by atoms with Gasteiger partial charge < -0.3 is 14.8 Å². The maximum Gasteiger partial charge on any atom is 0.416 e. The average Bonchev–Trinajstić information content (AvgIpc) is 3.03. The first-order valence-electron chi connectivity index (χ1n) is 8.69. The maximum atomic E-state index is 12.8. The van der Waals surface area contributed by atoms with Crippen LogP contribution in [0, 0.1) is 0 Å². The van der Waals surface area contributed by atoms with Crippen LogP contribution in [0.15, 0.2) is 24.3 Å². The minimum absolute atomic E-state index is 0.00720. The van der Waals surface area contributed by atoms with Crippen molar-refractivity contribution in [1.29, 1.82) is 0 Å². The van der Waals surface area contributed by atoms with Crippen LogP contribution < -0.4 is 5.32 Å². The molecule has 2 aliphatic rings. The van der Waals surface area contributed by atoms with Crippen LogP contribution in [0.4, 0.5) is 18.9 Å². The number of carbonyl (C=O) groups excluding carboxylic acids is 1. The van der Waals surface area contributed by atoms with Gasteiger partial charge in [-0.25, -0.2) is 0 Å². The molecule has 3 rings (SSSR count). The summed E-state index contributed by atoms with van der Waals surface area (Å²) in [6.45, 7) is 2.06. The molecule has 26 heavy (non-hydrogen) atoms. The van der Waals surface area contributed by atoms with Gasteiger partial charge in [0.15, 0.2) is 0 Å². The Hall–Kier alpha value is -1.64. The van der Waals surface area contributed by atoms with Crippen LogP contribution in [0.1, 0.15) is 24.8 Å². The van der Waals surface area contributed by atoms with Gasteiger partial charge in [0.05, 0.1) is 18.2 Å². The summed E-state index contributed by atoms with van der Waals surface area (Å²) in [5.74, 6) is -0.340. The number of amides is 1. The fraction of sp³-hybridized carbons (Fsp3) is 0.611. The Labute approximate surface area is 150 Å². The zero-order valence-electron chi connectivity index (χ0n) is 14.6. The quantitative estimate of drug-likeness (QED) is 0.883. The third kappa shape index (κ3) is 4.19. The highest BCUT2D eigenvalue weighted by molar-refractivity contribution is 5.92. The topological polar surface area (TPSA) is 50.8 Å². The highest BCUT2D eigenvalue weighted by atomic mass is 19.4. The second kappa shape index (κ2) is 7.54. The van der Waals surface area contributed by atoms with E-state index < -0.39 is 11.7 Å². The minimum Gasteiger partial charge on any atom is -0.378 e. The number of piperidine rings is 1. The van der Waals surface area contributed by atoms with E-state index in [0.717, 1.165) is 31.4 Å². The van der Waals surface area contributed by atoms with E-state index in [1.54, 1.807) is 7.11 Å². The number of nitrogens with zero attached hydrogens (tertiary/aromatic N) is 1. The number of likely N-dealkylation sites (tertiary alicyclic amines) is 1. The van der Waals surface area contributed by atoms with E-state index in [0.29, 0.717) is 19.7 Å². The number of benzene rings is 1. The molecule has 144 valence electrons. The van der Waals surface area contributed by atoms with Crippen LogP contribution >= 0.6 is 0 Å². The van der Waals surface area contributed by atoms with Crippen LogP contribution in [-0.4, -0.2) is 55.9 Å². The van der Waals surface area contributed by atoms with Gasteiger partial charge in [-0.3, -0.25) is 9.69 Å². The van der Waals surface area contributed by atoms with Crippen molar-refractivity contribution in [2.75, 3.05) is 38.7 Å². The molecule has 2 aliphatic heterocycles. The molecule has 0 aliphatic carbocycles. The molecule has 0 saturated carbocycles. The number of hydrogen-bond acceptors (Lipinski definition) is 4. The lowest BCUT2D eigenvalue weighted by molar-refractivity contribution is -0.146. The molecule has 8 heteroatoms. The number of halogens is 3. The van der Waals surface area contributed by atoms with E-state index in [2.05, 4.69) is 5.32 Å². The lowest BCUT2D eigenvalue weighted by Gasteiger charge is -2.44. The Morgan fingerprint density at radius 1 is 1.46 bits per heavy atom. The van der Waals surface area contributed by atoms with Gasteiger partial charge in [0.2, 0.25) is 5.91 Å². The lowest BCUT2D eigenvalue weighted by Crippen LogP contribution is -2.58. The molecule has 2 saturated heterocycles. The fourth-order valence-corrected chi connectivity index (χ4v) is 3.86. The van der Waals surface area contributed by atoms with Gasteiger partial charge in [-0.05, 0) is 37.5 Å². The molecule has 0 radical (unpaired) electrons. The largest absolute Gasteiger partial charge is 0.416 e. The highest BCUT2D eigenvalue weighted by Crippen LogP contribution is 2.36. The molecule has 0 unspecified atom stereocenters. The van der Waals surface area contributed by atoms with Crippen molar-refractivity contribution < 1.29 is 27.4 Å². The van der Waals surface area contributed by atoms with Crippen molar-refractivity contribution in [3.63, 3.8) is 0 Å². The van der Waals surface area contributed by atoms with Crippen molar-refractivity contribution >= 4 is 11.6 Å². The first-order chi connectivity index (χ1) is 12.3. The summed E-state index contributed by atoms with van der Waals surface area (Å²) in [5, 5.41) is 2.55. The summed E-state index contributed by atoms with van der Waals surface area (Å²) < 4.78 is 49.8. The number of nitrogens with one attached hydrogen (secondary N) is 1. The third-order valence-corrected chi connectivity index (χ3v) is 5.04. The lowest BCUT2D eigenvalue weighted by atomic mass is 9.87. The predicted octanol–water partition coefficient (Wildman–Crippen LogP) is 2.91. The molecule has 2 fully saturated rings. The van der Waals surface area contributed by atoms with Crippen LogP contribution in [0.3, 0.4) is 0 Å². The molecule has 0 aromatic heterocycles. The molecule has 1 N–H and O–H groups in total. The normalized spacial score (nSPS) is 27.0. The Bertz CT molecular complexity index is 645. The highest BCUT2D eigenvalue weighted by Gasteiger charge is 2.47. The van der Waals surface area contributed by atoms with Crippen LogP contribution in [0.25, 0.3) is 0 Å². The van der Waals surface area contributed by atoms with E-state index in [1.165, 1.54) is 12.1 Å². The summed E-state index contributed by atoms with van der Waals surface area (Å²) in [5.41, 5.74) is -1.03. The summed E-state index contributed by atoms with van der Waals surface area (Å²) in [4.78, 5) is 14.3. The second-order valence-corrected chi connectivity index (χ2v) is 6.87. The molecule has 0 bridgehead atoms. The van der Waals surface area contributed by atoms with E-state index in [9.17, 15) is 18.0 Å². The van der Waals surface area contributed by atoms with E-state index in [1.807, 2.05) is 4.90 Å². The van der Waals surface area contributed by atoms with Gasteiger partial charge in [0, 0.05) is 32.5 Å². The Morgan fingerprint density at radius 2 is 2.27 bits per heavy atom. The van der Waals surface area contributed by atoms with Gasteiger partial charge >= 0.3 is 6.18 Å². The van der Waals surface area contributed by atoms with Crippen molar-refractivity contribution in [1.82, 2.24) is 4.90 Å². The first kappa shape index (κ1) is 19.1. The van der Waals surface area contributed by atoms with Gasteiger partial charge in [-0.1, -0.05) is 6.07 Å². The zero-order valence-corrected chi connectivity index (χ0v) is 14.6. The Balaban J connectivity index is 1.60. The van der Waals surface area contributed by atoms with E-state index >= 15 is 0 Å². The van der Waals surface area contributed by atoms with Gasteiger partial charge in [0.25, 0.3) is 0 Å². The van der Waals surface area contributed by atoms with E-state index in [-0.39, 0.29) is 29.8 Å². The summed E-state index contributed by atoms with van der Waals surface area (Å²) >= 11 is 0. The number of methoxy groups -OCH3 is 1. The predicted molar refractivity (Wildman–Crippen MR) is 89.8 cm³/mol. The van der Waals surface area contributed by atoms with E-state index in [4.69, 9.17) is 9.47 Å². The number of hydrogen-bond donors (Lipinski definition) is 1. The SMILES string of the molecule is CO[C@H]1CCN(CC(=O)Nc2cccc(C(F)(F)F)c2)C[C@@]12CCCO2. The van der Waals surface area contributed by atoms with Crippen molar-refractivity contribution in [2.24, 2.45) is 0 Å². The third-order valence-electron chi connectivity index (χ3n) is 5.04. The number of carbonyl (C=O) groups is 1. The summed E-state index contributed by atoms with van der Waals surface area (Å²) in [6, 6.07) is 4.65. The molecule has 1 spiro atoms. The zero-order chi connectivity index (χ0) is 18.8. The molecular formula is C18H23F3N2O3.